The highest BCUT2D eigenvalue weighted by Gasteiger charge is 2.79. The molecule has 1 fully saturated rings. The van der Waals surface area contributed by atoms with Gasteiger partial charge in [0.05, 0.1) is 5.60 Å². The van der Waals surface area contributed by atoms with Crippen LogP contribution in [0, 0.1) is 23.3 Å². The quantitative estimate of drug-likeness (QED) is 0.304. The number of halogens is 4. The largest absolute Gasteiger partial charge is 0.361 e. The number of fused-ring (bicyclic) bond motifs is 6. The maximum Gasteiger partial charge on any atom is 0.197 e. The van der Waals surface area contributed by atoms with Crippen LogP contribution in [0.2, 0.25) is 0 Å². The van der Waals surface area contributed by atoms with Gasteiger partial charge in [0.1, 0.15) is 5.60 Å². The van der Waals surface area contributed by atoms with E-state index in [1.165, 1.54) is 0 Å². The summed E-state index contributed by atoms with van der Waals surface area (Å²) in [5, 5.41) is 0. The first kappa shape index (κ1) is 13.5. The van der Waals surface area contributed by atoms with Crippen LogP contribution < -0.4 is 0 Å². The summed E-state index contributed by atoms with van der Waals surface area (Å²) in [6.45, 7) is 3.68. The van der Waals surface area contributed by atoms with E-state index in [2.05, 4.69) is 0 Å². The third-order valence-corrected chi connectivity index (χ3v) is 5.72. The minimum atomic E-state index is -1.75. The van der Waals surface area contributed by atoms with Gasteiger partial charge in [-0.2, -0.15) is 0 Å². The van der Waals surface area contributed by atoms with Crippen LogP contribution in [0.5, 0.6) is 0 Å². The van der Waals surface area contributed by atoms with Crippen LogP contribution in [0.25, 0.3) is 0 Å². The Morgan fingerprint density at radius 3 is 1.52 bits per heavy atom. The average Bonchev–Trinajstić information content (AvgIpc) is 2.85. The third-order valence-electron chi connectivity index (χ3n) is 5.72. The molecule has 0 unspecified atom stereocenters. The van der Waals surface area contributed by atoms with Gasteiger partial charge in [-0.05, 0) is 25.0 Å². The molecule has 1 heterocycles. The second-order valence-electron chi connectivity index (χ2n) is 6.98. The molecule has 0 saturated carbocycles. The lowest BCUT2D eigenvalue weighted by molar-refractivity contribution is 0.264. The minimum absolute atomic E-state index is 0.0873. The van der Waals surface area contributed by atoms with Gasteiger partial charge in [-0.3, -0.25) is 0 Å². The Morgan fingerprint density at radius 2 is 1.17 bits per heavy atom. The molecule has 5 rings (SSSR count). The molecule has 0 amide bonds. The highest BCUT2D eigenvalue weighted by atomic mass is 19.2. The van der Waals surface area contributed by atoms with Gasteiger partial charge in [0.2, 0.25) is 0 Å². The van der Waals surface area contributed by atoms with Crippen molar-refractivity contribution in [2.75, 3.05) is 0 Å². The summed E-state index contributed by atoms with van der Waals surface area (Å²) in [5.74, 6) is -7.32. The van der Waals surface area contributed by atoms with Gasteiger partial charge in [0.15, 0.2) is 23.3 Å². The summed E-state index contributed by atoms with van der Waals surface area (Å²) in [6.07, 6.45) is 0. The maximum absolute atomic E-state index is 14.5. The van der Waals surface area contributed by atoms with Crippen molar-refractivity contribution >= 4 is 0 Å². The molecule has 1 saturated heterocycles. The van der Waals surface area contributed by atoms with Crippen LogP contribution in [0.15, 0.2) is 24.3 Å². The molecule has 2 aromatic carbocycles. The van der Waals surface area contributed by atoms with Crippen LogP contribution >= 0.6 is 0 Å². The molecule has 0 N–H and O–H groups in total. The monoisotopic (exact) mass is 320 g/mol. The topological polar surface area (TPSA) is 12.5 Å². The second kappa shape index (κ2) is 3.61. The molecule has 2 aromatic rings. The third kappa shape index (κ3) is 1.20. The smallest absolute Gasteiger partial charge is 0.197 e. The lowest BCUT2D eigenvalue weighted by Crippen LogP contribution is -2.25. The first-order valence-corrected chi connectivity index (χ1v) is 7.47. The van der Waals surface area contributed by atoms with Crippen molar-refractivity contribution in [3.8, 4) is 0 Å². The summed E-state index contributed by atoms with van der Waals surface area (Å²) < 4.78 is 62.4. The van der Waals surface area contributed by atoms with Gasteiger partial charge in [0.25, 0.3) is 0 Å². The molecule has 5 heteroatoms. The fraction of sp³-hybridized carbons (Fsp3) is 0.333. The Balaban J connectivity index is 1.91. The average molecular weight is 320 g/mol. The predicted molar refractivity (Wildman–Crippen MR) is 74.3 cm³/mol. The van der Waals surface area contributed by atoms with E-state index in [0.717, 1.165) is 11.1 Å². The summed E-state index contributed by atoms with van der Waals surface area (Å²) in [7, 11) is 0. The minimum Gasteiger partial charge on any atom is -0.361 e. The molecule has 3 aliphatic rings. The van der Waals surface area contributed by atoms with Crippen LogP contribution in [0.3, 0.4) is 0 Å². The first-order chi connectivity index (χ1) is 10.8. The Hall–Kier alpha value is -1.88. The fourth-order valence-electron chi connectivity index (χ4n) is 4.85. The Bertz CT molecular complexity index is 840. The van der Waals surface area contributed by atoms with E-state index in [1.807, 2.05) is 26.0 Å². The number of rotatable bonds is 0. The van der Waals surface area contributed by atoms with Crippen LogP contribution in [-0.4, -0.2) is 11.2 Å². The summed E-state index contributed by atoms with van der Waals surface area (Å²) in [5.41, 5.74) is -0.0428. The van der Waals surface area contributed by atoms with Crippen LogP contribution in [-0.2, 0) is 4.74 Å². The summed E-state index contributed by atoms with van der Waals surface area (Å²) in [6, 6.07) is 7.25. The van der Waals surface area contributed by atoms with E-state index in [9.17, 15) is 17.6 Å². The molecule has 23 heavy (non-hydrogen) atoms. The molecule has 1 spiro atoms. The number of hydrogen-bond donors (Lipinski definition) is 0. The highest BCUT2D eigenvalue weighted by Crippen LogP contribution is 2.76. The summed E-state index contributed by atoms with van der Waals surface area (Å²) >= 11 is 0. The predicted octanol–water partition coefficient (Wildman–Crippen LogP) is 4.38. The fourth-order valence-corrected chi connectivity index (χ4v) is 4.85. The number of benzene rings is 2. The van der Waals surface area contributed by atoms with Crippen LogP contribution in [0.1, 0.15) is 47.9 Å². The molecule has 2 aliphatic carbocycles. The van der Waals surface area contributed by atoms with E-state index >= 15 is 0 Å². The molecular formula is C18H12F4O. The van der Waals surface area contributed by atoms with E-state index in [-0.39, 0.29) is 11.1 Å². The van der Waals surface area contributed by atoms with Gasteiger partial charge >= 0.3 is 0 Å². The molecule has 2 atom stereocenters. The van der Waals surface area contributed by atoms with E-state index < -0.39 is 46.3 Å². The second-order valence-corrected chi connectivity index (χ2v) is 6.98. The Morgan fingerprint density at radius 1 is 0.783 bits per heavy atom. The molecule has 1 nitrogen and oxygen atoms in total. The van der Waals surface area contributed by atoms with Crippen molar-refractivity contribution in [3.63, 3.8) is 0 Å². The molecule has 1 aliphatic heterocycles. The van der Waals surface area contributed by atoms with Crippen molar-refractivity contribution in [2.24, 2.45) is 0 Å². The molecule has 0 aromatic heterocycles. The lowest BCUT2D eigenvalue weighted by Gasteiger charge is -2.19. The van der Waals surface area contributed by atoms with Crippen molar-refractivity contribution < 1.29 is 22.3 Å². The molecule has 0 radical (unpaired) electrons. The standard InChI is InChI=1S/C18H12F4O/c1-17(2)18(23-17)11-7-5-3-4-6-8(7)12(18)10-9(11)13(19)15(21)16(22)14(10)20/h3-6,11-12H,1-2H3/t11-,12-/m0/s1. The van der Waals surface area contributed by atoms with Crippen molar-refractivity contribution in [1.82, 2.24) is 0 Å². The van der Waals surface area contributed by atoms with E-state index in [0.29, 0.717) is 0 Å². The van der Waals surface area contributed by atoms with E-state index in [4.69, 9.17) is 4.74 Å². The molecular weight excluding hydrogens is 308 g/mol. The Kier molecular flexibility index (Phi) is 2.13. The van der Waals surface area contributed by atoms with Gasteiger partial charge in [-0.1, -0.05) is 24.3 Å². The molecule has 118 valence electrons. The highest BCUT2D eigenvalue weighted by molar-refractivity contribution is 5.67. The lowest BCUT2D eigenvalue weighted by atomic mass is 9.82. The van der Waals surface area contributed by atoms with Crippen molar-refractivity contribution in [3.05, 3.63) is 69.8 Å². The normalized spacial score (nSPS) is 31.4. The van der Waals surface area contributed by atoms with Gasteiger partial charge < -0.3 is 4.74 Å². The Labute approximate surface area is 129 Å². The van der Waals surface area contributed by atoms with Crippen molar-refractivity contribution in [1.29, 1.82) is 0 Å². The van der Waals surface area contributed by atoms with E-state index in [1.54, 1.807) is 12.1 Å². The first-order valence-electron chi connectivity index (χ1n) is 7.47. The van der Waals surface area contributed by atoms with Crippen molar-refractivity contribution in [2.45, 2.75) is 36.9 Å². The van der Waals surface area contributed by atoms with Gasteiger partial charge in [-0.25, -0.2) is 17.6 Å². The SMILES string of the molecule is CC1(C)OC12[C@H]1c3ccccc3[C@H]2c2c(F)c(F)c(F)c(F)c21. The summed E-state index contributed by atoms with van der Waals surface area (Å²) in [4.78, 5) is 0. The zero-order valence-electron chi connectivity index (χ0n) is 12.4. The maximum atomic E-state index is 14.5. The zero-order valence-corrected chi connectivity index (χ0v) is 12.4. The van der Waals surface area contributed by atoms with Gasteiger partial charge in [0, 0.05) is 23.0 Å². The number of ether oxygens (including phenoxy) is 1. The molecule has 2 bridgehead atoms. The van der Waals surface area contributed by atoms with Crippen LogP contribution in [0.4, 0.5) is 17.6 Å². The number of hydrogen-bond acceptors (Lipinski definition) is 1. The zero-order chi connectivity index (χ0) is 16.3. The van der Waals surface area contributed by atoms with Gasteiger partial charge in [-0.15, -0.1) is 0 Å². The number of epoxide rings is 1.